The van der Waals surface area contributed by atoms with E-state index < -0.39 is 0 Å². The van der Waals surface area contributed by atoms with Crippen molar-refractivity contribution in [2.24, 2.45) is 0 Å². The third-order valence-corrected chi connectivity index (χ3v) is 3.78. The van der Waals surface area contributed by atoms with Gasteiger partial charge in [-0.3, -0.25) is 0 Å². The molecule has 0 aliphatic heterocycles. The Labute approximate surface area is 91.1 Å². The Kier molecular flexibility index (Phi) is 2.09. The predicted molar refractivity (Wildman–Crippen MR) is 59.6 cm³/mol. The molecule has 0 aromatic carbocycles. The summed E-state index contributed by atoms with van der Waals surface area (Å²) in [6.45, 7) is 0. The van der Waals surface area contributed by atoms with Gasteiger partial charge in [0.1, 0.15) is 11.3 Å². The molecule has 0 aliphatic rings. The Hall–Kier alpha value is -0.140. The second kappa shape index (κ2) is 2.97. The van der Waals surface area contributed by atoms with Crippen LogP contribution in [-0.4, -0.2) is 9.97 Å². The number of nitrogens with zero attached hydrogens (tertiary/aromatic N) is 2. The number of nitrogen functional groups attached to an aromatic ring is 1. The van der Waals surface area contributed by atoms with Gasteiger partial charge in [-0.1, -0.05) is 0 Å². The maximum absolute atomic E-state index is 5.65. The van der Waals surface area contributed by atoms with Gasteiger partial charge in [0.15, 0.2) is 0 Å². The van der Waals surface area contributed by atoms with Crippen molar-refractivity contribution in [1.29, 1.82) is 0 Å². The van der Waals surface area contributed by atoms with Crippen LogP contribution < -0.4 is 5.73 Å². The summed E-state index contributed by atoms with van der Waals surface area (Å²) in [6.07, 6.45) is 0. The van der Waals surface area contributed by atoms with Gasteiger partial charge in [-0.05, 0) is 34.2 Å². The first-order chi connectivity index (χ1) is 5.68. The molecular weight excluding hydrogens is 309 g/mol. The molecule has 0 aliphatic carbocycles. The third kappa shape index (κ3) is 1.25. The van der Waals surface area contributed by atoms with E-state index >= 15 is 0 Å². The van der Waals surface area contributed by atoms with E-state index in [-0.39, 0.29) is 5.28 Å². The molecule has 62 valence electrons. The summed E-state index contributed by atoms with van der Waals surface area (Å²) in [5.74, 6) is 0.456. The highest BCUT2D eigenvalue weighted by Gasteiger charge is 2.08. The topological polar surface area (TPSA) is 51.8 Å². The molecule has 12 heavy (non-hydrogen) atoms. The van der Waals surface area contributed by atoms with Gasteiger partial charge in [0.05, 0.1) is 8.27 Å². The van der Waals surface area contributed by atoms with Gasteiger partial charge in [0, 0.05) is 5.38 Å². The van der Waals surface area contributed by atoms with Crippen molar-refractivity contribution in [3.05, 3.63) is 14.2 Å². The van der Waals surface area contributed by atoms with Crippen LogP contribution >= 0.6 is 45.5 Å². The lowest BCUT2D eigenvalue weighted by atomic mass is 10.4. The molecule has 0 amide bonds. The van der Waals surface area contributed by atoms with Crippen molar-refractivity contribution >= 4 is 61.6 Å². The highest BCUT2D eigenvalue weighted by molar-refractivity contribution is 14.1. The van der Waals surface area contributed by atoms with Crippen molar-refractivity contribution < 1.29 is 0 Å². The van der Waals surface area contributed by atoms with Gasteiger partial charge in [0.25, 0.3) is 0 Å². The zero-order valence-corrected chi connectivity index (χ0v) is 9.44. The normalized spacial score (nSPS) is 10.8. The number of anilines is 1. The van der Waals surface area contributed by atoms with Gasteiger partial charge in [0.2, 0.25) is 5.28 Å². The van der Waals surface area contributed by atoms with E-state index in [9.17, 15) is 0 Å². The van der Waals surface area contributed by atoms with Crippen LogP contribution in [0.1, 0.15) is 0 Å². The van der Waals surface area contributed by atoms with Crippen LogP contribution in [0.15, 0.2) is 5.38 Å². The summed E-state index contributed by atoms with van der Waals surface area (Å²) in [5, 5.41) is 2.18. The summed E-state index contributed by atoms with van der Waals surface area (Å²) >= 11 is 9.38. The number of halogens is 2. The number of thiophene rings is 1. The van der Waals surface area contributed by atoms with E-state index in [4.69, 9.17) is 17.3 Å². The van der Waals surface area contributed by atoms with E-state index in [2.05, 4.69) is 32.6 Å². The maximum atomic E-state index is 5.65. The molecule has 2 N–H and O–H groups in total. The average Bonchev–Trinajstić information content (AvgIpc) is 2.33. The highest BCUT2D eigenvalue weighted by Crippen LogP contribution is 2.29. The quantitative estimate of drug-likeness (QED) is 0.601. The maximum Gasteiger partial charge on any atom is 0.224 e. The Bertz CT molecular complexity index is 442. The smallest absolute Gasteiger partial charge is 0.224 e. The molecule has 6 heteroatoms. The lowest BCUT2D eigenvalue weighted by Gasteiger charge is -1.94. The minimum absolute atomic E-state index is 0.205. The molecule has 0 radical (unpaired) electrons. The summed E-state index contributed by atoms with van der Waals surface area (Å²) in [4.78, 5) is 7.93. The Morgan fingerprint density at radius 1 is 1.50 bits per heavy atom. The lowest BCUT2D eigenvalue weighted by molar-refractivity contribution is 1.23. The fourth-order valence-corrected chi connectivity index (χ4v) is 2.78. The summed E-state index contributed by atoms with van der Waals surface area (Å²) < 4.78 is 1.97. The van der Waals surface area contributed by atoms with Crippen LogP contribution in [-0.2, 0) is 0 Å². The van der Waals surface area contributed by atoms with Crippen LogP contribution in [0.5, 0.6) is 0 Å². The minimum Gasteiger partial charge on any atom is -0.382 e. The second-order valence-electron chi connectivity index (χ2n) is 2.14. The zero-order chi connectivity index (χ0) is 8.72. The van der Waals surface area contributed by atoms with E-state index in [0.29, 0.717) is 5.82 Å². The number of hydrogen-bond acceptors (Lipinski definition) is 4. The largest absolute Gasteiger partial charge is 0.382 e. The van der Waals surface area contributed by atoms with Crippen LogP contribution in [0, 0.1) is 3.57 Å². The van der Waals surface area contributed by atoms with Crippen LogP contribution in [0.3, 0.4) is 0 Å². The van der Waals surface area contributed by atoms with Gasteiger partial charge in [-0.25, -0.2) is 4.98 Å². The first-order valence-corrected chi connectivity index (χ1v) is 5.38. The zero-order valence-electron chi connectivity index (χ0n) is 5.71. The second-order valence-corrected chi connectivity index (χ2v) is 4.52. The van der Waals surface area contributed by atoms with Gasteiger partial charge < -0.3 is 5.73 Å². The molecule has 0 unspecified atom stereocenters. The number of rotatable bonds is 0. The molecule has 2 aromatic rings. The number of hydrogen-bond donors (Lipinski definition) is 1. The van der Waals surface area contributed by atoms with E-state index in [1.165, 1.54) is 11.3 Å². The molecule has 3 nitrogen and oxygen atoms in total. The number of fused-ring (bicyclic) bond motifs is 1. The fourth-order valence-electron chi connectivity index (χ4n) is 0.884. The SMILES string of the molecule is Nc1nc(Cl)nc2c(I)csc12. The van der Waals surface area contributed by atoms with Gasteiger partial charge in [-0.15, -0.1) is 11.3 Å². The number of nitrogens with two attached hydrogens (primary N) is 1. The Balaban J connectivity index is 2.92. The van der Waals surface area contributed by atoms with Crippen LogP contribution in [0.4, 0.5) is 5.82 Å². The summed E-state index contributed by atoms with van der Waals surface area (Å²) in [5.41, 5.74) is 6.49. The van der Waals surface area contributed by atoms with Crippen molar-refractivity contribution in [3.8, 4) is 0 Å². The molecule has 0 saturated carbocycles. The van der Waals surface area contributed by atoms with Crippen LogP contribution in [0.25, 0.3) is 10.2 Å². The molecule has 0 atom stereocenters. The first-order valence-electron chi connectivity index (χ1n) is 3.04. The molecule has 2 rings (SSSR count). The minimum atomic E-state index is 0.205. The molecule has 0 spiro atoms. The van der Waals surface area contributed by atoms with E-state index in [1.54, 1.807) is 0 Å². The highest BCUT2D eigenvalue weighted by atomic mass is 127. The van der Waals surface area contributed by atoms with Crippen molar-refractivity contribution in [2.75, 3.05) is 5.73 Å². The van der Waals surface area contributed by atoms with Gasteiger partial charge >= 0.3 is 0 Å². The summed E-state index contributed by atoms with van der Waals surface area (Å²) in [7, 11) is 0. The monoisotopic (exact) mass is 311 g/mol. The predicted octanol–water partition coefficient (Wildman–Crippen LogP) is 2.53. The molecule has 0 bridgehead atoms. The fraction of sp³-hybridized carbons (Fsp3) is 0. The molecular formula is C6H3ClIN3S. The first kappa shape index (κ1) is 8.46. The molecule has 2 aromatic heterocycles. The third-order valence-electron chi connectivity index (χ3n) is 1.37. The van der Waals surface area contributed by atoms with Gasteiger partial charge in [-0.2, -0.15) is 4.98 Å². The Morgan fingerprint density at radius 3 is 3.00 bits per heavy atom. The summed E-state index contributed by atoms with van der Waals surface area (Å²) in [6, 6.07) is 0. The van der Waals surface area contributed by atoms with Crippen molar-refractivity contribution in [3.63, 3.8) is 0 Å². The molecule has 0 fully saturated rings. The lowest BCUT2D eigenvalue weighted by Crippen LogP contribution is -1.92. The average molecular weight is 312 g/mol. The van der Waals surface area contributed by atoms with E-state index in [0.717, 1.165) is 13.8 Å². The Morgan fingerprint density at radius 2 is 2.25 bits per heavy atom. The molecule has 0 saturated heterocycles. The number of aromatic nitrogens is 2. The van der Waals surface area contributed by atoms with Crippen molar-refractivity contribution in [1.82, 2.24) is 9.97 Å². The standard InChI is InChI=1S/C6H3ClIN3S/c7-6-10-3-2(8)1-12-4(3)5(9)11-6/h1H,(H2,9,10,11). The van der Waals surface area contributed by atoms with E-state index in [1.807, 2.05) is 5.38 Å². The molecule has 2 heterocycles. The van der Waals surface area contributed by atoms with Crippen LogP contribution in [0.2, 0.25) is 5.28 Å². The van der Waals surface area contributed by atoms with Crippen molar-refractivity contribution in [2.45, 2.75) is 0 Å².